The number of nitrogens with zero attached hydrogens (tertiary/aromatic N) is 1. The minimum atomic E-state index is -0.482. The van der Waals surface area contributed by atoms with E-state index in [2.05, 4.69) is 26.1 Å². The molecule has 126 valence electrons. The molecular weight excluding hydrogens is 363 g/mol. The fourth-order valence-corrected chi connectivity index (χ4v) is 3.65. The van der Waals surface area contributed by atoms with Gasteiger partial charge in [0.15, 0.2) is 0 Å². The van der Waals surface area contributed by atoms with Crippen molar-refractivity contribution < 1.29 is 13.9 Å². The molecule has 2 saturated heterocycles. The second kappa shape index (κ2) is 7.73. The monoisotopic (exact) mass is 384 g/mol. The van der Waals surface area contributed by atoms with E-state index in [1.54, 1.807) is 6.07 Å². The first-order valence-electron chi connectivity index (χ1n) is 8.18. The van der Waals surface area contributed by atoms with E-state index < -0.39 is 5.82 Å². The van der Waals surface area contributed by atoms with E-state index in [4.69, 9.17) is 4.74 Å². The minimum absolute atomic E-state index is 0.102. The zero-order valence-electron chi connectivity index (χ0n) is 13.1. The molecule has 0 bridgehead atoms. The largest absolute Gasteiger partial charge is 0.381 e. The Balaban J connectivity index is 1.48. The van der Waals surface area contributed by atoms with Crippen LogP contribution in [0.5, 0.6) is 0 Å². The lowest BCUT2D eigenvalue weighted by atomic mass is 10.0. The molecule has 23 heavy (non-hydrogen) atoms. The summed E-state index contributed by atoms with van der Waals surface area (Å²) in [6.07, 6.45) is 2.97. The molecule has 1 aromatic rings. The number of hydrogen-bond donors (Lipinski definition) is 1. The Bertz CT molecular complexity index is 556. The first-order valence-corrected chi connectivity index (χ1v) is 8.97. The Morgan fingerprint density at radius 1 is 1.35 bits per heavy atom. The summed E-state index contributed by atoms with van der Waals surface area (Å²) in [7, 11) is 0. The highest BCUT2D eigenvalue weighted by Gasteiger charge is 2.25. The highest BCUT2D eigenvalue weighted by Crippen LogP contribution is 2.19. The van der Waals surface area contributed by atoms with E-state index >= 15 is 0 Å². The fraction of sp³-hybridized carbons (Fsp3) is 0.588. The van der Waals surface area contributed by atoms with E-state index in [0.717, 1.165) is 52.1 Å². The van der Waals surface area contributed by atoms with Crippen LogP contribution < -0.4 is 5.32 Å². The molecule has 3 rings (SSSR count). The summed E-state index contributed by atoms with van der Waals surface area (Å²) in [6.45, 7) is 4.79. The summed E-state index contributed by atoms with van der Waals surface area (Å²) in [5.74, 6) is -0.160. The van der Waals surface area contributed by atoms with Crippen molar-refractivity contribution in [1.82, 2.24) is 10.2 Å². The maximum atomic E-state index is 13.8. The molecular formula is C17H22BrFN2O2. The second-order valence-corrected chi connectivity index (χ2v) is 7.32. The quantitative estimate of drug-likeness (QED) is 0.867. The number of hydrogen-bond acceptors (Lipinski definition) is 3. The molecule has 0 saturated carbocycles. The predicted octanol–water partition coefficient (Wildman–Crippen LogP) is 2.82. The van der Waals surface area contributed by atoms with Gasteiger partial charge in [0.25, 0.3) is 5.91 Å². The highest BCUT2D eigenvalue weighted by molar-refractivity contribution is 9.10. The maximum Gasteiger partial charge on any atom is 0.254 e. The zero-order chi connectivity index (χ0) is 16.2. The van der Waals surface area contributed by atoms with Gasteiger partial charge in [-0.05, 0) is 43.4 Å². The fourth-order valence-electron chi connectivity index (χ4n) is 3.29. The van der Waals surface area contributed by atoms with Gasteiger partial charge in [-0.25, -0.2) is 4.39 Å². The van der Waals surface area contributed by atoms with Gasteiger partial charge < -0.3 is 15.0 Å². The van der Waals surface area contributed by atoms with Crippen molar-refractivity contribution >= 4 is 21.8 Å². The molecule has 4 nitrogen and oxygen atoms in total. The molecule has 2 aliphatic rings. The van der Waals surface area contributed by atoms with Crippen molar-refractivity contribution in [1.29, 1.82) is 0 Å². The van der Waals surface area contributed by atoms with E-state index in [9.17, 15) is 9.18 Å². The number of amides is 1. The number of benzene rings is 1. The molecule has 2 fully saturated rings. The van der Waals surface area contributed by atoms with E-state index in [1.165, 1.54) is 12.1 Å². The van der Waals surface area contributed by atoms with Gasteiger partial charge in [0.2, 0.25) is 0 Å². The van der Waals surface area contributed by atoms with Crippen LogP contribution in [-0.2, 0) is 4.74 Å². The standard InChI is InChI=1S/C17H22BrFN2O2/c18-13-1-2-16(19)15(9-13)17(22)20-14-3-6-21(7-4-14)10-12-5-8-23-11-12/h1-2,9,12,14H,3-8,10-11H2,(H,20,22). The molecule has 2 heterocycles. The van der Waals surface area contributed by atoms with Gasteiger partial charge in [-0.15, -0.1) is 0 Å². The van der Waals surface area contributed by atoms with Crippen LogP contribution in [0.3, 0.4) is 0 Å². The third-order valence-corrected chi connectivity index (χ3v) is 5.13. The number of rotatable bonds is 4. The number of piperidine rings is 1. The summed E-state index contributed by atoms with van der Waals surface area (Å²) in [5, 5.41) is 2.97. The van der Waals surface area contributed by atoms with Crippen LogP contribution in [0.2, 0.25) is 0 Å². The summed E-state index contributed by atoms with van der Waals surface area (Å²) < 4.78 is 19.9. The molecule has 0 radical (unpaired) electrons. The first kappa shape index (κ1) is 16.9. The third kappa shape index (κ3) is 4.52. The normalized spacial score (nSPS) is 23.1. The van der Waals surface area contributed by atoms with Crippen molar-refractivity contribution in [3.05, 3.63) is 34.1 Å². The molecule has 2 aliphatic heterocycles. The first-order chi connectivity index (χ1) is 11.1. The topological polar surface area (TPSA) is 41.6 Å². The lowest BCUT2D eigenvalue weighted by molar-refractivity contribution is 0.0899. The van der Waals surface area contributed by atoms with Crippen molar-refractivity contribution in [2.24, 2.45) is 5.92 Å². The smallest absolute Gasteiger partial charge is 0.254 e. The van der Waals surface area contributed by atoms with Crippen molar-refractivity contribution in [3.8, 4) is 0 Å². The number of carbonyl (C=O) groups excluding carboxylic acids is 1. The number of carbonyl (C=O) groups is 1. The van der Waals surface area contributed by atoms with Crippen LogP contribution in [0.1, 0.15) is 29.6 Å². The summed E-state index contributed by atoms with van der Waals surface area (Å²) in [4.78, 5) is 14.7. The van der Waals surface area contributed by atoms with Crippen LogP contribution in [0.25, 0.3) is 0 Å². The molecule has 1 unspecified atom stereocenters. The summed E-state index contributed by atoms with van der Waals surface area (Å²) in [6, 6.07) is 4.56. The molecule has 0 aromatic heterocycles. The Morgan fingerprint density at radius 3 is 2.83 bits per heavy atom. The molecule has 0 aliphatic carbocycles. The lowest BCUT2D eigenvalue weighted by Crippen LogP contribution is -2.46. The van der Waals surface area contributed by atoms with Gasteiger partial charge in [0, 0.05) is 36.8 Å². The zero-order valence-corrected chi connectivity index (χ0v) is 14.6. The van der Waals surface area contributed by atoms with E-state index in [1.807, 2.05) is 0 Å². The summed E-state index contributed by atoms with van der Waals surface area (Å²) >= 11 is 3.28. The number of ether oxygens (including phenoxy) is 1. The third-order valence-electron chi connectivity index (χ3n) is 4.64. The predicted molar refractivity (Wildman–Crippen MR) is 90.0 cm³/mol. The van der Waals surface area contributed by atoms with Crippen molar-refractivity contribution in [3.63, 3.8) is 0 Å². The average molecular weight is 385 g/mol. The average Bonchev–Trinajstić information content (AvgIpc) is 3.04. The Morgan fingerprint density at radius 2 is 2.13 bits per heavy atom. The highest BCUT2D eigenvalue weighted by atomic mass is 79.9. The van der Waals surface area contributed by atoms with Crippen LogP contribution in [0, 0.1) is 11.7 Å². The number of halogens is 2. The van der Waals surface area contributed by atoms with Crippen LogP contribution >= 0.6 is 15.9 Å². The van der Waals surface area contributed by atoms with Gasteiger partial charge in [-0.2, -0.15) is 0 Å². The van der Waals surface area contributed by atoms with Gasteiger partial charge in [0.05, 0.1) is 12.2 Å². The van der Waals surface area contributed by atoms with Gasteiger partial charge in [-0.3, -0.25) is 4.79 Å². The molecule has 6 heteroatoms. The molecule has 0 spiro atoms. The van der Waals surface area contributed by atoms with Gasteiger partial charge >= 0.3 is 0 Å². The molecule has 1 amide bonds. The molecule has 1 atom stereocenters. The number of nitrogens with one attached hydrogen (secondary N) is 1. The van der Waals surface area contributed by atoms with Crippen molar-refractivity contribution in [2.75, 3.05) is 32.8 Å². The Kier molecular flexibility index (Phi) is 5.67. The van der Waals surface area contributed by atoms with E-state index in [-0.39, 0.29) is 17.5 Å². The SMILES string of the molecule is O=C(NC1CCN(CC2CCOC2)CC1)c1cc(Br)ccc1F. The minimum Gasteiger partial charge on any atom is -0.381 e. The Labute approximate surface area is 144 Å². The van der Waals surface area contributed by atoms with Crippen LogP contribution in [0.15, 0.2) is 22.7 Å². The summed E-state index contributed by atoms with van der Waals surface area (Å²) in [5.41, 5.74) is 0.102. The molecule has 1 aromatic carbocycles. The van der Waals surface area contributed by atoms with Crippen LogP contribution in [0.4, 0.5) is 4.39 Å². The molecule has 1 N–H and O–H groups in total. The van der Waals surface area contributed by atoms with Gasteiger partial charge in [-0.1, -0.05) is 15.9 Å². The Hall–Kier alpha value is -0.980. The van der Waals surface area contributed by atoms with Crippen LogP contribution in [-0.4, -0.2) is 49.7 Å². The van der Waals surface area contributed by atoms with Crippen molar-refractivity contribution in [2.45, 2.75) is 25.3 Å². The van der Waals surface area contributed by atoms with Gasteiger partial charge in [0.1, 0.15) is 5.82 Å². The van der Waals surface area contributed by atoms with E-state index in [0.29, 0.717) is 10.4 Å². The lowest BCUT2D eigenvalue weighted by Gasteiger charge is -2.33. The maximum absolute atomic E-state index is 13.8. The second-order valence-electron chi connectivity index (χ2n) is 6.40. The number of likely N-dealkylation sites (tertiary alicyclic amines) is 1.